The Hall–Kier alpha value is -3.15. The molecule has 0 radical (unpaired) electrons. The van der Waals surface area contributed by atoms with Crippen LogP contribution in [0.15, 0.2) is 54.6 Å². The molecular formula is C24H28N2O4. The molecule has 0 bridgehead atoms. The largest absolute Gasteiger partial charge is 0.481 e. The summed E-state index contributed by atoms with van der Waals surface area (Å²) in [5.41, 5.74) is 2.51. The molecule has 0 heterocycles. The molecule has 3 N–H and O–H groups in total. The van der Waals surface area contributed by atoms with Gasteiger partial charge in [0.05, 0.1) is 0 Å². The highest BCUT2D eigenvalue weighted by atomic mass is 16.4. The van der Waals surface area contributed by atoms with E-state index >= 15 is 0 Å². The highest BCUT2D eigenvalue weighted by molar-refractivity contribution is 5.95. The van der Waals surface area contributed by atoms with Crippen molar-refractivity contribution in [2.24, 2.45) is 5.92 Å². The molecule has 0 unspecified atom stereocenters. The van der Waals surface area contributed by atoms with Gasteiger partial charge < -0.3 is 15.7 Å². The lowest BCUT2D eigenvalue weighted by Gasteiger charge is -2.28. The van der Waals surface area contributed by atoms with Gasteiger partial charge in [-0.2, -0.15) is 0 Å². The van der Waals surface area contributed by atoms with Gasteiger partial charge in [0.2, 0.25) is 5.91 Å². The fraction of sp³-hybridized carbons (Fsp3) is 0.375. The Morgan fingerprint density at radius 1 is 0.900 bits per heavy atom. The van der Waals surface area contributed by atoms with Crippen molar-refractivity contribution >= 4 is 23.5 Å². The summed E-state index contributed by atoms with van der Waals surface area (Å²) in [6.45, 7) is 0.271. The number of aliphatic carboxylic acids is 1. The normalized spacial score (nSPS) is 18.4. The maximum absolute atomic E-state index is 12.3. The zero-order valence-corrected chi connectivity index (χ0v) is 17.0. The summed E-state index contributed by atoms with van der Waals surface area (Å²) in [4.78, 5) is 35.1. The number of benzene rings is 2. The molecule has 0 aromatic heterocycles. The van der Waals surface area contributed by atoms with Gasteiger partial charge in [0.15, 0.2) is 0 Å². The molecule has 1 fully saturated rings. The van der Waals surface area contributed by atoms with Crippen molar-refractivity contribution in [1.29, 1.82) is 0 Å². The van der Waals surface area contributed by atoms with E-state index in [0.29, 0.717) is 11.5 Å². The molecule has 1 aliphatic carbocycles. The molecule has 2 amide bonds. The average Bonchev–Trinajstić information content (AvgIpc) is 2.74. The molecule has 0 saturated heterocycles. The highest BCUT2D eigenvalue weighted by Crippen LogP contribution is 2.37. The number of carboxylic acid groups (broad SMARTS) is 1. The summed E-state index contributed by atoms with van der Waals surface area (Å²) in [5, 5.41) is 14.5. The first-order chi connectivity index (χ1) is 14.5. The molecule has 6 nitrogen and oxygen atoms in total. The SMILES string of the molecule is O=C(O)CC1CCC(c2ccc(C(=O)NCCC(=O)Nc3ccccc3)cc2)CC1. The minimum Gasteiger partial charge on any atom is -0.481 e. The molecule has 30 heavy (non-hydrogen) atoms. The van der Waals surface area contributed by atoms with Crippen LogP contribution in [0.25, 0.3) is 0 Å². The van der Waals surface area contributed by atoms with Crippen LogP contribution in [0.1, 0.15) is 60.4 Å². The first-order valence-electron chi connectivity index (χ1n) is 10.5. The van der Waals surface area contributed by atoms with E-state index in [9.17, 15) is 14.4 Å². The van der Waals surface area contributed by atoms with Crippen LogP contribution in [-0.4, -0.2) is 29.4 Å². The highest BCUT2D eigenvalue weighted by Gasteiger charge is 2.24. The van der Waals surface area contributed by atoms with Gasteiger partial charge in [0.1, 0.15) is 0 Å². The van der Waals surface area contributed by atoms with Crippen molar-refractivity contribution in [2.45, 2.75) is 44.4 Å². The topological polar surface area (TPSA) is 95.5 Å². The summed E-state index contributed by atoms with van der Waals surface area (Å²) in [7, 11) is 0. The van der Waals surface area contributed by atoms with Crippen LogP contribution in [0.4, 0.5) is 5.69 Å². The number of amides is 2. The van der Waals surface area contributed by atoms with E-state index in [0.717, 1.165) is 31.4 Å². The Balaban J connectivity index is 1.41. The fourth-order valence-corrected chi connectivity index (χ4v) is 3.99. The Labute approximate surface area is 176 Å². The average molecular weight is 408 g/mol. The monoisotopic (exact) mass is 408 g/mol. The summed E-state index contributed by atoms with van der Waals surface area (Å²) in [6.07, 6.45) is 4.31. The van der Waals surface area contributed by atoms with Crippen molar-refractivity contribution in [1.82, 2.24) is 5.32 Å². The number of nitrogens with one attached hydrogen (secondary N) is 2. The van der Waals surface area contributed by atoms with Crippen molar-refractivity contribution in [3.63, 3.8) is 0 Å². The van der Waals surface area contributed by atoms with E-state index in [1.54, 1.807) is 0 Å². The van der Waals surface area contributed by atoms with Gasteiger partial charge in [0.25, 0.3) is 5.91 Å². The predicted molar refractivity (Wildman–Crippen MR) is 115 cm³/mol. The van der Waals surface area contributed by atoms with Crippen molar-refractivity contribution in [2.75, 3.05) is 11.9 Å². The summed E-state index contributed by atoms with van der Waals surface area (Å²) in [5.74, 6) is -0.349. The smallest absolute Gasteiger partial charge is 0.303 e. The number of carbonyl (C=O) groups excluding carboxylic acids is 2. The second-order valence-corrected chi connectivity index (χ2v) is 7.86. The number of anilines is 1. The van der Waals surface area contributed by atoms with E-state index in [1.165, 1.54) is 5.56 Å². The molecule has 1 saturated carbocycles. The molecular weight excluding hydrogens is 380 g/mol. The first-order valence-corrected chi connectivity index (χ1v) is 10.5. The number of para-hydroxylation sites is 1. The minimum atomic E-state index is -0.716. The summed E-state index contributed by atoms with van der Waals surface area (Å²) >= 11 is 0. The molecule has 158 valence electrons. The van der Waals surface area contributed by atoms with Gasteiger partial charge in [-0.3, -0.25) is 14.4 Å². The standard InChI is InChI=1S/C24H28N2O4/c27-22(26-21-4-2-1-3-5-21)14-15-25-24(30)20-12-10-19(11-13-20)18-8-6-17(7-9-18)16-23(28)29/h1-5,10-13,17-18H,6-9,14-16H2,(H,25,30)(H,26,27)(H,28,29). The van der Waals surface area contributed by atoms with Crippen LogP contribution in [0.5, 0.6) is 0 Å². The van der Waals surface area contributed by atoms with E-state index in [4.69, 9.17) is 5.11 Å². The lowest BCUT2D eigenvalue weighted by Crippen LogP contribution is -2.27. The molecule has 0 aliphatic heterocycles. The van der Waals surface area contributed by atoms with E-state index < -0.39 is 5.97 Å². The van der Waals surface area contributed by atoms with Crippen LogP contribution in [0.3, 0.4) is 0 Å². The third-order valence-electron chi connectivity index (χ3n) is 5.65. The first kappa shape index (κ1) is 21.6. The molecule has 6 heteroatoms. The van der Waals surface area contributed by atoms with Crippen LogP contribution >= 0.6 is 0 Å². The van der Waals surface area contributed by atoms with Gasteiger partial charge >= 0.3 is 5.97 Å². The van der Waals surface area contributed by atoms with E-state index in [-0.39, 0.29) is 37.1 Å². The molecule has 2 aromatic carbocycles. The maximum Gasteiger partial charge on any atom is 0.303 e. The molecule has 3 rings (SSSR count). The number of carbonyl (C=O) groups is 3. The zero-order valence-electron chi connectivity index (χ0n) is 17.0. The Kier molecular flexibility index (Phi) is 7.60. The quantitative estimate of drug-likeness (QED) is 0.610. The third-order valence-corrected chi connectivity index (χ3v) is 5.65. The van der Waals surface area contributed by atoms with Gasteiger partial charge in [-0.25, -0.2) is 0 Å². The Bertz CT molecular complexity index is 857. The van der Waals surface area contributed by atoms with Crippen LogP contribution < -0.4 is 10.6 Å². The lowest BCUT2D eigenvalue weighted by atomic mass is 9.77. The molecule has 0 atom stereocenters. The molecule has 0 spiro atoms. The number of rotatable bonds is 8. The van der Waals surface area contributed by atoms with Crippen molar-refractivity contribution < 1.29 is 19.5 Å². The zero-order chi connectivity index (χ0) is 21.3. The van der Waals surface area contributed by atoms with Crippen molar-refractivity contribution in [3.05, 3.63) is 65.7 Å². The summed E-state index contributed by atoms with van der Waals surface area (Å²) < 4.78 is 0. The minimum absolute atomic E-state index is 0.143. The van der Waals surface area contributed by atoms with Crippen LogP contribution in [-0.2, 0) is 9.59 Å². The van der Waals surface area contributed by atoms with Gasteiger partial charge in [-0.1, -0.05) is 30.3 Å². The second-order valence-electron chi connectivity index (χ2n) is 7.86. The summed E-state index contributed by atoms with van der Waals surface area (Å²) in [6, 6.07) is 16.8. The molecule has 1 aliphatic rings. The Morgan fingerprint density at radius 2 is 1.57 bits per heavy atom. The number of carboxylic acids is 1. The van der Waals surface area contributed by atoms with Crippen LogP contribution in [0.2, 0.25) is 0 Å². The Morgan fingerprint density at radius 3 is 2.20 bits per heavy atom. The van der Waals surface area contributed by atoms with Gasteiger partial charge in [-0.15, -0.1) is 0 Å². The van der Waals surface area contributed by atoms with Gasteiger partial charge in [-0.05, 0) is 67.3 Å². The van der Waals surface area contributed by atoms with Gasteiger partial charge in [0, 0.05) is 30.6 Å². The third kappa shape index (κ3) is 6.44. The lowest BCUT2D eigenvalue weighted by molar-refractivity contribution is -0.138. The predicted octanol–water partition coefficient (Wildman–Crippen LogP) is 4.19. The van der Waals surface area contributed by atoms with Crippen LogP contribution in [0, 0.1) is 5.92 Å². The van der Waals surface area contributed by atoms with Crippen molar-refractivity contribution in [3.8, 4) is 0 Å². The number of hydrogen-bond acceptors (Lipinski definition) is 3. The number of hydrogen-bond donors (Lipinski definition) is 3. The van der Waals surface area contributed by atoms with E-state index in [1.807, 2.05) is 54.6 Å². The molecule has 2 aromatic rings. The maximum atomic E-state index is 12.3. The van der Waals surface area contributed by atoms with E-state index in [2.05, 4.69) is 10.6 Å². The second kappa shape index (κ2) is 10.6. The fourth-order valence-electron chi connectivity index (χ4n) is 3.99.